The third-order valence-electron chi connectivity index (χ3n) is 11.9. The van der Waals surface area contributed by atoms with Crippen LogP contribution in [0, 0.1) is 6.85 Å². The van der Waals surface area contributed by atoms with Gasteiger partial charge in [-0.1, -0.05) is 120 Å². The zero-order chi connectivity index (χ0) is 44.5. The van der Waals surface area contributed by atoms with Gasteiger partial charge in [0.05, 0.1) is 28.7 Å². The number of para-hydroxylation sites is 2. The van der Waals surface area contributed by atoms with E-state index in [4.69, 9.17) is 13.8 Å². The summed E-state index contributed by atoms with van der Waals surface area (Å²) >= 11 is 0. The summed E-state index contributed by atoms with van der Waals surface area (Å²) in [4.78, 5) is 9.59. The van der Waals surface area contributed by atoms with Crippen LogP contribution in [0.2, 0.25) is 0 Å². The Balaban J connectivity index is 1.12. The second kappa shape index (κ2) is 14.6. The van der Waals surface area contributed by atoms with E-state index in [0.717, 1.165) is 66.8 Å². The Morgan fingerprint density at radius 1 is 0.541 bits per heavy atom. The second-order valence-electron chi connectivity index (χ2n) is 18.1. The molecule has 0 bridgehead atoms. The highest BCUT2D eigenvalue weighted by Crippen LogP contribution is 2.43. The van der Waals surface area contributed by atoms with E-state index >= 15 is 0 Å². The molecule has 6 nitrogen and oxygen atoms in total. The summed E-state index contributed by atoms with van der Waals surface area (Å²) in [6.07, 6.45) is 5.98. The molecule has 0 fully saturated rings. The van der Waals surface area contributed by atoms with Crippen LogP contribution in [-0.2, 0) is 10.8 Å². The molecule has 0 saturated carbocycles. The highest BCUT2D eigenvalue weighted by Gasteiger charge is 2.25. The molecule has 0 aliphatic carbocycles. The number of fused-ring (bicyclic) bond motifs is 5. The van der Waals surface area contributed by atoms with Gasteiger partial charge in [0.25, 0.3) is 0 Å². The Kier molecular flexibility index (Phi) is 8.32. The number of rotatable bonds is 7. The van der Waals surface area contributed by atoms with E-state index in [9.17, 15) is 0 Å². The summed E-state index contributed by atoms with van der Waals surface area (Å²) in [6, 6.07) is 51.6. The zero-order valence-electron chi connectivity index (χ0n) is 38.5. The molecule has 0 saturated heterocycles. The van der Waals surface area contributed by atoms with Crippen LogP contribution in [0.25, 0.3) is 55.5 Å². The van der Waals surface area contributed by atoms with E-state index < -0.39 is 6.85 Å². The molecule has 10 rings (SSSR count). The highest BCUT2D eigenvalue weighted by atomic mass is 16.5. The molecule has 61 heavy (non-hydrogen) atoms. The van der Waals surface area contributed by atoms with Gasteiger partial charge < -0.3 is 19.1 Å². The minimum atomic E-state index is -2.40. The number of aromatic nitrogens is 3. The lowest BCUT2D eigenvalue weighted by Gasteiger charge is -2.26. The molecular formula is C55H51N5O. The van der Waals surface area contributed by atoms with E-state index in [1.807, 2.05) is 60.7 Å². The van der Waals surface area contributed by atoms with Crippen molar-refractivity contribution in [2.45, 2.75) is 59.2 Å². The molecule has 9 aromatic rings. The molecule has 0 atom stereocenters. The number of aryl methyl sites for hydroxylation is 1. The van der Waals surface area contributed by atoms with Gasteiger partial charge in [0.15, 0.2) is 0 Å². The maximum absolute atomic E-state index is 8.71. The van der Waals surface area contributed by atoms with Crippen LogP contribution in [0.4, 0.5) is 11.4 Å². The van der Waals surface area contributed by atoms with E-state index in [-0.39, 0.29) is 16.4 Å². The predicted molar refractivity (Wildman–Crippen MR) is 255 cm³/mol. The Labute approximate surface area is 362 Å². The van der Waals surface area contributed by atoms with Crippen molar-refractivity contribution in [2.24, 2.45) is 0 Å². The normalized spacial score (nSPS) is 14.2. The van der Waals surface area contributed by atoms with Gasteiger partial charge in [0, 0.05) is 68.2 Å². The monoisotopic (exact) mass is 800 g/mol. The summed E-state index contributed by atoms with van der Waals surface area (Å²) in [5.41, 5.74) is 11.0. The van der Waals surface area contributed by atoms with Crippen LogP contribution in [0.1, 0.15) is 62.3 Å². The van der Waals surface area contributed by atoms with Gasteiger partial charge in [-0.25, -0.2) is 4.98 Å². The topological polar surface area (TPSA) is 38.5 Å². The molecule has 4 heterocycles. The first-order valence-electron chi connectivity index (χ1n) is 22.5. The van der Waals surface area contributed by atoms with E-state index in [1.54, 1.807) is 12.3 Å². The van der Waals surface area contributed by atoms with Gasteiger partial charge in [-0.05, 0) is 101 Å². The van der Waals surface area contributed by atoms with Crippen molar-refractivity contribution in [3.8, 4) is 34.1 Å². The molecule has 0 unspecified atom stereocenters. The first-order valence-corrected chi connectivity index (χ1v) is 21.0. The minimum Gasteiger partial charge on any atom is -0.457 e. The Bertz CT molecular complexity index is 3240. The van der Waals surface area contributed by atoms with Crippen LogP contribution >= 0.6 is 0 Å². The third-order valence-corrected chi connectivity index (χ3v) is 11.9. The van der Waals surface area contributed by atoms with E-state index in [0.29, 0.717) is 23.8 Å². The number of hydrogen-bond acceptors (Lipinski definition) is 4. The lowest BCUT2D eigenvalue weighted by molar-refractivity contribution is 0.479. The molecule has 1 aliphatic heterocycles. The third kappa shape index (κ3) is 6.92. The molecular weight excluding hydrogens is 747 g/mol. The number of ether oxygens (including phenoxy) is 1. The van der Waals surface area contributed by atoms with Crippen molar-refractivity contribution in [3.63, 3.8) is 0 Å². The quantitative estimate of drug-likeness (QED) is 0.161. The fourth-order valence-corrected chi connectivity index (χ4v) is 8.56. The first-order chi connectivity index (χ1) is 30.6. The summed E-state index contributed by atoms with van der Waals surface area (Å²) in [6.45, 7) is 11.7. The number of hydrogen-bond donors (Lipinski definition) is 0. The smallest absolute Gasteiger partial charge is 0.137 e. The fourth-order valence-electron chi connectivity index (χ4n) is 8.56. The maximum Gasteiger partial charge on any atom is 0.137 e. The lowest BCUT2D eigenvalue weighted by Crippen LogP contribution is -2.25. The van der Waals surface area contributed by atoms with Crippen molar-refractivity contribution in [2.75, 3.05) is 16.5 Å². The van der Waals surface area contributed by atoms with Crippen LogP contribution in [-0.4, -0.2) is 20.8 Å². The summed E-state index contributed by atoms with van der Waals surface area (Å²) in [5, 5.41) is 2.00. The SMILES string of the molecule is [2H]C([2H])([2H])c1cc(-n2c3cc(Oc4cc(N5C=CN(c6cccc(C(C)(C)C)c6)C5)cc(C(C)(C)C)c4)ccc3c3c2c2ccccc2n3-c2ccccc2)ncc1-c1ccccc1. The molecule has 6 aromatic carbocycles. The molecule has 0 radical (unpaired) electrons. The number of pyridine rings is 1. The summed E-state index contributed by atoms with van der Waals surface area (Å²) in [5.74, 6) is 1.88. The second-order valence-corrected chi connectivity index (χ2v) is 18.1. The highest BCUT2D eigenvalue weighted by molar-refractivity contribution is 6.20. The van der Waals surface area contributed by atoms with Crippen LogP contribution in [0.3, 0.4) is 0 Å². The molecule has 0 N–H and O–H groups in total. The van der Waals surface area contributed by atoms with Crippen LogP contribution in [0.15, 0.2) is 170 Å². The fraction of sp³-hybridized carbons (Fsp3) is 0.182. The summed E-state index contributed by atoms with van der Waals surface area (Å²) in [7, 11) is 0. The first kappa shape index (κ1) is 34.8. The van der Waals surface area contributed by atoms with Crippen molar-refractivity contribution < 1.29 is 8.85 Å². The van der Waals surface area contributed by atoms with Crippen molar-refractivity contribution in [1.29, 1.82) is 0 Å². The predicted octanol–water partition coefficient (Wildman–Crippen LogP) is 14.2. The summed E-state index contributed by atoms with van der Waals surface area (Å²) < 4.78 is 37.4. The van der Waals surface area contributed by atoms with Gasteiger partial charge >= 0.3 is 0 Å². The number of nitrogens with zero attached hydrogens (tertiary/aromatic N) is 5. The van der Waals surface area contributed by atoms with Gasteiger partial charge in [0.1, 0.15) is 17.3 Å². The van der Waals surface area contributed by atoms with Crippen molar-refractivity contribution in [3.05, 3.63) is 187 Å². The zero-order valence-corrected chi connectivity index (χ0v) is 35.5. The Hall–Kier alpha value is -7.05. The van der Waals surface area contributed by atoms with Gasteiger partial charge in [0.2, 0.25) is 0 Å². The standard InChI is InChI=1S/C55H51N5O/c1-37-29-51(56-35-48(37)38-17-10-8-11-18-38)60-50-34-44(25-26-47(50)52-53(60)46-23-14-15-24-49(46)59(52)41-20-12-9-13-21-41)61-45-32-40(55(5,6)7)31-43(33-45)58-28-27-57(36-58)42-22-16-19-39(30-42)54(2,3)4/h8-35H,36H2,1-7H3/i1D3. The molecule has 1 aliphatic rings. The minimum absolute atomic E-state index is 0.0487. The number of anilines is 2. The van der Waals surface area contributed by atoms with E-state index in [1.165, 1.54) is 5.56 Å². The molecule has 302 valence electrons. The molecule has 3 aromatic heterocycles. The average molecular weight is 801 g/mol. The van der Waals surface area contributed by atoms with Crippen molar-refractivity contribution >= 4 is 44.2 Å². The number of benzene rings is 6. The van der Waals surface area contributed by atoms with Gasteiger partial charge in [-0.3, -0.25) is 4.57 Å². The van der Waals surface area contributed by atoms with E-state index in [2.05, 4.69) is 158 Å². The molecule has 6 heteroatoms. The molecule has 0 amide bonds. The Morgan fingerprint density at radius 2 is 1.20 bits per heavy atom. The van der Waals surface area contributed by atoms with Crippen molar-refractivity contribution in [1.82, 2.24) is 14.1 Å². The van der Waals surface area contributed by atoms with Gasteiger partial charge in [-0.15, -0.1) is 0 Å². The average Bonchev–Trinajstić information content (AvgIpc) is 3.99. The van der Waals surface area contributed by atoms with Gasteiger partial charge in [-0.2, -0.15) is 0 Å². The lowest BCUT2D eigenvalue weighted by atomic mass is 9.86. The Morgan fingerprint density at radius 3 is 1.95 bits per heavy atom. The van der Waals surface area contributed by atoms with Crippen LogP contribution in [0.5, 0.6) is 11.5 Å². The van der Waals surface area contributed by atoms with Crippen LogP contribution < -0.4 is 14.5 Å². The molecule has 0 spiro atoms. The maximum atomic E-state index is 8.71. The largest absolute Gasteiger partial charge is 0.457 e.